The second kappa shape index (κ2) is 14.5. The van der Waals surface area contributed by atoms with Crippen LogP contribution in [0.15, 0.2) is 108 Å². The van der Waals surface area contributed by atoms with Gasteiger partial charge in [0.15, 0.2) is 0 Å². The Bertz CT molecular complexity index is 2060. The second-order valence-electron chi connectivity index (χ2n) is 12.2. The van der Waals surface area contributed by atoms with E-state index in [9.17, 15) is 0 Å². The Morgan fingerprint density at radius 2 is 1.47 bits per heavy atom. The number of aryl methyl sites for hydroxylation is 3. The van der Waals surface area contributed by atoms with Gasteiger partial charge in [-0.15, -0.1) is 54.1 Å². The molecule has 0 unspecified atom stereocenters. The van der Waals surface area contributed by atoms with Gasteiger partial charge in [-0.1, -0.05) is 68.1 Å². The summed E-state index contributed by atoms with van der Waals surface area (Å²) in [4.78, 5) is 13.9. The fraction of sp³-hybridized carbons (Fsp3) is 0.214. The Morgan fingerprint density at radius 3 is 2.15 bits per heavy atom. The molecule has 0 saturated carbocycles. The maximum Gasteiger partial charge on any atom is 0.216 e. The molecule has 4 aromatic heterocycles. The van der Waals surface area contributed by atoms with Crippen molar-refractivity contribution in [3.8, 4) is 33.8 Å². The van der Waals surface area contributed by atoms with Crippen LogP contribution in [0.3, 0.4) is 0 Å². The van der Waals surface area contributed by atoms with Crippen molar-refractivity contribution in [1.29, 1.82) is 0 Å². The quantitative estimate of drug-likeness (QED) is 0.157. The van der Waals surface area contributed by atoms with Crippen LogP contribution in [-0.4, -0.2) is 15.0 Å². The van der Waals surface area contributed by atoms with Crippen molar-refractivity contribution in [1.82, 2.24) is 15.0 Å². The smallest absolute Gasteiger partial charge is 0.216 e. The number of nitrogens with zero attached hydrogens (tertiary/aromatic N) is 3. The molecule has 0 bridgehead atoms. The first-order chi connectivity index (χ1) is 22.3. The summed E-state index contributed by atoms with van der Waals surface area (Å²) in [6.07, 6.45) is 5.94. The summed E-state index contributed by atoms with van der Waals surface area (Å²) in [7, 11) is 0. The normalized spacial score (nSPS) is 11.2. The van der Waals surface area contributed by atoms with Gasteiger partial charge in [-0.3, -0.25) is 0 Å². The first-order valence-corrected chi connectivity index (χ1v) is 16.0. The van der Waals surface area contributed by atoms with Crippen LogP contribution >= 0.6 is 0 Å². The molecule has 239 valence electrons. The summed E-state index contributed by atoms with van der Waals surface area (Å²) in [6.45, 7) is 13.3. The average molecular weight is 794 g/mol. The maximum atomic E-state index is 6.41. The number of rotatable bonds is 6. The molecule has 47 heavy (non-hydrogen) atoms. The molecule has 0 aliphatic carbocycles. The standard InChI is InChI=1S/C31H31N2O.C11H8N.Ir/c1-7-31(6,8-2)25-17-27(32-18-21(25)5)24-14-10-13-22-23-15-16-26(33-30(23)34-29(22)24)28-19(3)11-9-12-20(28)4;1-2-6-10(7-3-1)11-8-4-5-9-12-11;/h9-13,15-18H,7-8H2,1-6H3;1-6,8-9H;/q2*-1;. The zero-order chi connectivity index (χ0) is 32.3. The Morgan fingerprint density at radius 1 is 0.702 bits per heavy atom. The number of hydrogen-bond acceptors (Lipinski definition) is 4. The Balaban J connectivity index is 0.000000280. The van der Waals surface area contributed by atoms with Gasteiger partial charge in [0, 0.05) is 43.4 Å². The monoisotopic (exact) mass is 794 g/mol. The van der Waals surface area contributed by atoms with Gasteiger partial charge >= 0.3 is 0 Å². The van der Waals surface area contributed by atoms with Gasteiger partial charge in [-0.25, -0.2) is 4.98 Å². The van der Waals surface area contributed by atoms with Crippen LogP contribution in [0.1, 0.15) is 55.9 Å². The van der Waals surface area contributed by atoms with Crippen molar-refractivity contribution in [2.45, 2.75) is 59.8 Å². The minimum absolute atomic E-state index is 0. The molecule has 4 heterocycles. The molecule has 1 radical (unpaired) electrons. The molecular formula is C42H39IrN3O-2. The molecule has 0 N–H and O–H groups in total. The summed E-state index contributed by atoms with van der Waals surface area (Å²) < 4.78 is 6.41. The number of furan rings is 1. The minimum Gasteiger partial charge on any atom is -0.486 e. The van der Waals surface area contributed by atoms with Gasteiger partial charge in [-0.2, -0.15) is 0 Å². The fourth-order valence-corrected chi connectivity index (χ4v) is 6.19. The largest absolute Gasteiger partial charge is 0.486 e. The van der Waals surface area contributed by atoms with Crippen molar-refractivity contribution in [2.24, 2.45) is 0 Å². The van der Waals surface area contributed by atoms with E-state index in [1.165, 1.54) is 27.8 Å². The minimum atomic E-state index is 0. The van der Waals surface area contributed by atoms with E-state index >= 15 is 0 Å². The van der Waals surface area contributed by atoms with Crippen LogP contribution in [0.2, 0.25) is 0 Å². The predicted octanol–water partition coefficient (Wildman–Crippen LogP) is 11.1. The first-order valence-electron chi connectivity index (χ1n) is 16.0. The van der Waals surface area contributed by atoms with Crippen molar-refractivity contribution < 1.29 is 24.5 Å². The molecule has 5 heteroatoms. The molecule has 0 amide bonds. The van der Waals surface area contributed by atoms with E-state index in [2.05, 4.69) is 101 Å². The molecule has 3 aromatic carbocycles. The number of aromatic nitrogens is 3. The van der Waals surface area contributed by atoms with Crippen molar-refractivity contribution in [3.05, 3.63) is 138 Å². The molecule has 0 aliphatic rings. The Hall–Kier alpha value is -4.44. The molecular weight excluding hydrogens is 755 g/mol. The van der Waals surface area contributed by atoms with E-state index in [1.807, 2.05) is 54.7 Å². The van der Waals surface area contributed by atoms with Crippen molar-refractivity contribution in [2.75, 3.05) is 0 Å². The fourth-order valence-electron chi connectivity index (χ4n) is 6.19. The van der Waals surface area contributed by atoms with Crippen LogP contribution in [0, 0.1) is 32.9 Å². The van der Waals surface area contributed by atoms with E-state index in [4.69, 9.17) is 14.4 Å². The SMILES string of the molecule is CCC(C)(CC)c1cc(-c2[c-]ccc3c2oc2nc(-c4c(C)cccc4C)ccc23)ncc1C.[Ir].[c-]1ccccc1-c1ccccn1. The summed E-state index contributed by atoms with van der Waals surface area (Å²) in [5.74, 6) is 0. The molecule has 0 aliphatic heterocycles. The van der Waals surface area contributed by atoms with Crippen LogP contribution < -0.4 is 0 Å². The third-order valence-electron chi connectivity index (χ3n) is 9.26. The molecule has 0 saturated heterocycles. The van der Waals surface area contributed by atoms with Gasteiger partial charge < -0.3 is 14.4 Å². The molecule has 0 atom stereocenters. The van der Waals surface area contributed by atoms with Crippen molar-refractivity contribution >= 4 is 22.1 Å². The predicted molar refractivity (Wildman–Crippen MR) is 190 cm³/mol. The van der Waals surface area contributed by atoms with Crippen LogP contribution in [0.25, 0.3) is 55.8 Å². The van der Waals surface area contributed by atoms with E-state index in [0.717, 1.165) is 57.4 Å². The summed E-state index contributed by atoms with van der Waals surface area (Å²) >= 11 is 0. The van der Waals surface area contributed by atoms with Gasteiger partial charge in [0.25, 0.3) is 0 Å². The van der Waals surface area contributed by atoms with Gasteiger partial charge in [0.1, 0.15) is 0 Å². The van der Waals surface area contributed by atoms with E-state index in [1.54, 1.807) is 6.20 Å². The Kier molecular flexibility index (Phi) is 10.5. The summed E-state index contributed by atoms with van der Waals surface area (Å²) in [5, 5.41) is 2.06. The number of pyridine rings is 3. The van der Waals surface area contributed by atoms with Crippen LogP contribution in [0.4, 0.5) is 0 Å². The van der Waals surface area contributed by atoms with E-state index < -0.39 is 0 Å². The zero-order valence-corrected chi connectivity index (χ0v) is 30.2. The third kappa shape index (κ3) is 6.83. The number of fused-ring (bicyclic) bond motifs is 3. The summed E-state index contributed by atoms with van der Waals surface area (Å²) in [5.41, 5.74) is 12.5. The Labute approximate surface area is 291 Å². The third-order valence-corrected chi connectivity index (χ3v) is 9.26. The van der Waals surface area contributed by atoms with Gasteiger partial charge in [0.2, 0.25) is 5.71 Å². The number of hydrogen-bond donors (Lipinski definition) is 0. The second-order valence-corrected chi connectivity index (χ2v) is 12.2. The zero-order valence-electron chi connectivity index (χ0n) is 27.8. The van der Waals surface area contributed by atoms with Crippen LogP contribution in [0.5, 0.6) is 0 Å². The van der Waals surface area contributed by atoms with Crippen molar-refractivity contribution in [3.63, 3.8) is 0 Å². The van der Waals surface area contributed by atoms with E-state index in [-0.39, 0.29) is 25.5 Å². The average Bonchev–Trinajstić information content (AvgIpc) is 3.47. The van der Waals surface area contributed by atoms with E-state index in [0.29, 0.717) is 5.71 Å². The topological polar surface area (TPSA) is 51.8 Å². The molecule has 4 nitrogen and oxygen atoms in total. The molecule has 0 spiro atoms. The molecule has 7 aromatic rings. The first kappa shape index (κ1) is 33.9. The van der Waals surface area contributed by atoms with Gasteiger partial charge in [0.05, 0.1) is 11.3 Å². The summed E-state index contributed by atoms with van der Waals surface area (Å²) in [6, 6.07) is 37.0. The van der Waals surface area contributed by atoms with Gasteiger partial charge in [-0.05, 0) is 90.9 Å². The maximum absolute atomic E-state index is 6.41. The molecule has 7 rings (SSSR count). The number of benzene rings is 3. The molecule has 0 fully saturated rings. The van der Waals surface area contributed by atoms with Crippen LogP contribution in [-0.2, 0) is 25.5 Å².